The third-order valence-electron chi connectivity index (χ3n) is 5.10. The summed E-state index contributed by atoms with van der Waals surface area (Å²) in [5.41, 5.74) is 0.283. The maximum atomic E-state index is 11.9. The Labute approximate surface area is 140 Å². The van der Waals surface area contributed by atoms with Crippen molar-refractivity contribution < 1.29 is 4.79 Å². The van der Waals surface area contributed by atoms with Gasteiger partial charge in [0.25, 0.3) is 0 Å². The number of hydrogen-bond donors (Lipinski definition) is 0. The Hall–Kier alpha value is -0.590. The minimum atomic E-state index is -0.230. The summed E-state index contributed by atoms with van der Waals surface area (Å²) >= 11 is 0. The van der Waals surface area contributed by atoms with Gasteiger partial charge in [0.15, 0.2) is 0 Å². The molecule has 0 heterocycles. The molecule has 0 aliphatic heterocycles. The molecule has 1 heteroatoms. The molecule has 2 atom stereocenters. The van der Waals surface area contributed by atoms with Crippen LogP contribution in [-0.4, -0.2) is 5.78 Å². The first-order chi connectivity index (χ1) is 9.73. The number of carbonyl (C=O) groups is 1. The van der Waals surface area contributed by atoms with Gasteiger partial charge in [0.05, 0.1) is 0 Å². The second-order valence-electron chi connectivity index (χ2n) is 9.67. The van der Waals surface area contributed by atoms with Gasteiger partial charge in [-0.1, -0.05) is 80.9 Å². The largest absolute Gasteiger partial charge is 0.299 e. The highest BCUT2D eigenvalue weighted by Gasteiger charge is 2.38. The molecule has 0 spiro atoms. The lowest BCUT2D eigenvalue weighted by atomic mass is 9.63. The van der Waals surface area contributed by atoms with Crippen LogP contribution in [0, 0.1) is 28.1 Å². The van der Waals surface area contributed by atoms with E-state index in [0.29, 0.717) is 23.0 Å². The maximum Gasteiger partial charge on any atom is 0.135 e. The smallest absolute Gasteiger partial charge is 0.135 e. The van der Waals surface area contributed by atoms with Gasteiger partial charge in [-0.25, -0.2) is 0 Å². The van der Waals surface area contributed by atoms with Crippen molar-refractivity contribution in [3.05, 3.63) is 12.2 Å². The number of hydrogen-bond acceptors (Lipinski definition) is 1. The van der Waals surface area contributed by atoms with Crippen LogP contribution in [0.3, 0.4) is 0 Å². The fourth-order valence-electron chi connectivity index (χ4n) is 3.80. The molecule has 0 aliphatic rings. The normalized spacial score (nSPS) is 16.8. The Bertz CT molecular complexity index is 379. The molecule has 22 heavy (non-hydrogen) atoms. The molecule has 2 unspecified atom stereocenters. The number of rotatable bonds is 8. The average Bonchev–Trinajstić information content (AvgIpc) is 2.25. The van der Waals surface area contributed by atoms with Crippen molar-refractivity contribution in [1.29, 1.82) is 0 Å². The fraction of sp³-hybridized carbons (Fsp3) is 0.857. The van der Waals surface area contributed by atoms with Crippen molar-refractivity contribution in [3.63, 3.8) is 0 Å². The lowest BCUT2D eigenvalue weighted by molar-refractivity contribution is -0.127. The van der Waals surface area contributed by atoms with Gasteiger partial charge in [-0.05, 0) is 42.4 Å². The SMILES string of the molecule is CCC(C(C)C=CCC(C)(C)C)C(C)(C)CC(C)(C)C(C)=O. The second kappa shape index (κ2) is 7.79. The van der Waals surface area contributed by atoms with Crippen LogP contribution in [0.1, 0.15) is 88.5 Å². The molecule has 0 fully saturated rings. The lowest BCUT2D eigenvalue weighted by Crippen LogP contribution is -2.36. The van der Waals surface area contributed by atoms with E-state index in [1.54, 1.807) is 6.92 Å². The first-order valence-electron chi connectivity index (χ1n) is 8.90. The molecular formula is C21H40O. The minimum Gasteiger partial charge on any atom is -0.299 e. The van der Waals surface area contributed by atoms with Crippen LogP contribution in [0.2, 0.25) is 0 Å². The highest BCUT2D eigenvalue weighted by molar-refractivity contribution is 5.81. The summed E-state index contributed by atoms with van der Waals surface area (Å²) in [4.78, 5) is 11.9. The Morgan fingerprint density at radius 2 is 1.55 bits per heavy atom. The molecule has 0 saturated heterocycles. The lowest BCUT2D eigenvalue weighted by Gasteiger charge is -2.41. The fourth-order valence-corrected chi connectivity index (χ4v) is 3.80. The molecule has 0 aromatic carbocycles. The van der Waals surface area contributed by atoms with Crippen LogP contribution in [0.5, 0.6) is 0 Å². The predicted molar refractivity (Wildman–Crippen MR) is 99.0 cm³/mol. The molecule has 0 N–H and O–H groups in total. The van der Waals surface area contributed by atoms with Crippen LogP contribution in [0.15, 0.2) is 12.2 Å². The van der Waals surface area contributed by atoms with Gasteiger partial charge in [-0.2, -0.15) is 0 Å². The average molecular weight is 309 g/mol. The van der Waals surface area contributed by atoms with Crippen molar-refractivity contribution >= 4 is 5.78 Å². The van der Waals surface area contributed by atoms with Gasteiger partial charge in [-0.3, -0.25) is 4.79 Å². The third-order valence-corrected chi connectivity index (χ3v) is 5.10. The molecule has 0 radical (unpaired) electrons. The number of carbonyl (C=O) groups excluding carboxylic acids is 1. The minimum absolute atomic E-state index is 0.162. The maximum absolute atomic E-state index is 11.9. The summed E-state index contributed by atoms with van der Waals surface area (Å²) in [6.45, 7) is 22.0. The summed E-state index contributed by atoms with van der Waals surface area (Å²) in [5.74, 6) is 1.44. The van der Waals surface area contributed by atoms with Crippen LogP contribution in [0.4, 0.5) is 0 Å². The Morgan fingerprint density at radius 1 is 1.05 bits per heavy atom. The topological polar surface area (TPSA) is 17.1 Å². The van der Waals surface area contributed by atoms with Gasteiger partial charge in [0.2, 0.25) is 0 Å². The molecule has 130 valence electrons. The molecule has 0 aromatic rings. The highest BCUT2D eigenvalue weighted by Crippen LogP contribution is 2.44. The first-order valence-corrected chi connectivity index (χ1v) is 8.90. The van der Waals surface area contributed by atoms with Gasteiger partial charge in [0.1, 0.15) is 5.78 Å². The molecule has 0 amide bonds. The van der Waals surface area contributed by atoms with Gasteiger partial charge in [0, 0.05) is 5.41 Å². The predicted octanol–water partition coefficient (Wildman–Crippen LogP) is 6.67. The number of ketones is 1. The van der Waals surface area contributed by atoms with Crippen molar-refractivity contribution in [1.82, 2.24) is 0 Å². The monoisotopic (exact) mass is 308 g/mol. The number of allylic oxidation sites excluding steroid dienone is 2. The van der Waals surface area contributed by atoms with Crippen molar-refractivity contribution in [2.24, 2.45) is 28.1 Å². The summed E-state index contributed by atoms with van der Waals surface area (Å²) in [6, 6.07) is 0. The van der Waals surface area contributed by atoms with E-state index in [2.05, 4.69) is 74.5 Å². The standard InChI is InChI=1S/C21H40O/c1-11-18(16(2)13-12-14-19(4,5)6)21(9,10)15-20(7,8)17(3)22/h12-13,16,18H,11,14-15H2,1-10H3. The van der Waals surface area contributed by atoms with E-state index in [1.807, 2.05) is 0 Å². The molecule has 0 bridgehead atoms. The molecule has 0 rings (SSSR count). The molecule has 1 nitrogen and oxygen atoms in total. The van der Waals surface area contributed by atoms with Gasteiger partial charge in [-0.15, -0.1) is 0 Å². The van der Waals surface area contributed by atoms with Crippen molar-refractivity contribution in [2.45, 2.75) is 88.5 Å². The third kappa shape index (κ3) is 7.11. The van der Waals surface area contributed by atoms with E-state index in [-0.39, 0.29) is 10.8 Å². The van der Waals surface area contributed by atoms with E-state index >= 15 is 0 Å². The molecular weight excluding hydrogens is 268 g/mol. The van der Waals surface area contributed by atoms with Crippen LogP contribution >= 0.6 is 0 Å². The quantitative estimate of drug-likeness (QED) is 0.457. The van der Waals surface area contributed by atoms with Crippen molar-refractivity contribution in [2.75, 3.05) is 0 Å². The van der Waals surface area contributed by atoms with Gasteiger partial charge < -0.3 is 0 Å². The Morgan fingerprint density at radius 3 is 1.91 bits per heavy atom. The van der Waals surface area contributed by atoms with E-state index in [9.17, 15) is 4.79 Å². The molecule has 0 aromatic heterocycles. The number of Topliss-reactive ketones (excluding diaryl/α,β-unsaturated/α-hetero) is 1. The zero-order valence-electron chi connectivity index (χ0n) is 16.8. The van der Waals surface area contributed by atoms with Crippen LogP contribution < -0.4 is 0 Å². The Kier molecular flexibility index (Phi) is 7.58. The van der Waals surface area contributed by atoms with Crippen LogP contribution in [-0.2, 0) is 4.79 Å². The highest BCUT2D eigenvalue weighted by atomic mass is 16.1. The zero-order valence-corrected chi connectivity index (χ0v) is 16.8. The van der Waals surface area contributed by atoms with E-state index < -0.39 is 0 Å². The summed E-state index contributed by atoms with van der Waals surface area (Å²) in [7, 11) is 0. The molecule has 0 saturated carbocycles. The first kappa shape index (κ1) is 21.4. The van der Waals surface area contributed by atoms with E-state index in [4.69, 9.17) is 0 Å². The Balaban J connectivity index is 5.03. The summed E-state index contributed by atoms with van der Waals surface area (Å²) in [5, 5.41) is 0. The second-order valence-corrected chi connectivity index (χ2v) is 9.67. The van der Waals surface area contributed by atoms with E-state index in [1.165, 1.54) is 0 Å². The van der Waals surface area contributed by atoms with E-state index in [0.717, 1.165) is 19.3 Å². The van der Waals surface area contributed by atoms with Crippen LogP contribution in [0.25, 0.3) is 0 Å². The molecule has 0 aliphatic carbocycles. The zero-order chi connectivity index (χ0) is 17.8. The van der Waals surface area contributed by atoms with Gasteiger partial charge >= 0.3 is 0 Å². The summed E-state index contributed by atoms with van der Waals surface area (Å²) < 4.78 is 0. The van der Waals surface area contributed by atoms with Crippen molar-refractivity contribution in [3.8, 4) is 0 Å². The summed E-state index contributed by atoms with van der Waals surface area (Å²) in [6.07, 6.45) is 7.96.